The van der Waals surface area contributed by atoms with Crippen LogP contribution in [-0.2, 0) is 33.8 Å². The van der Waals surface area contributed by atoms with Crippen molar-refractivity contribution in [3.63, 3.8) is 0 Å². The van der Waals surface area contributed by atoms with Crippen molar-refractivity contribution in [1.29, 1.82) is 5.26 Å². The van der Waals surface area contributed by atoms with Gasteiger partial charge in [0.15, 0.2) is 5.72 Å². The maximum Gasteiger partial charge on any atom is 0.425 e. The van der Waals surface area contributed by atoms with Gasteiger partial charge < -0.3 is 14.7 Å². The molecule has 2 aromatic heterocycles. The highest BCUT2D eigenvalue weighted by Gasteiger charge is 2.56. The smallest absolute Gasteiger partial charge is 0.425 e. The first-order chi connectivity index (χ1) is 24.6. The number of hydrogen-bond acceptors (Lipinski definition) is 7. The van der Waals surface area contributed by atoms with Crippen molar-refractivity contribution in [2.75, 3.05) is 19.6 Å². The number of pyridine rings is 1. The van der Waals surface area contributed by atoms with E-state index in [9.17, 15) is 51.1 Å². The van der Waals surface area contributed by atoms with Crippen molar-refractivity contribution in [2.45, 2.75) is 81.8 Å². The number of likely N-dealkylation sites (tertiary alicyclic amines) is 2. The molecule has 0 radical (unpaired) electrons. The zero-order chi connectivity index (χ0) is 37.9. The molecule has 0 spiro atoms. The summed E-state index contributed by atoms with van der Waals surface area (Å²) in [7, 11) is 0. The van der Waals surface area contributed by atoms with E-state index in [1.807, 2.05) is 0 Å². The molecule has 0 aliphatic carbocycles. The van der Waals surface area contributed by atoms with Crippen molar-refractivity contribution in [3.05, 3.63) is 81.3 Å². The van der Waals surface area contributed by atoms with Crippen molar-refractivity contribution < 1.29 is 50.6 Å². The molecule has 52 heavy (non-hydrogen) atoms. The van der Waals surface area contributed by atoms with Gasteiger partial charge in [0.25, 0.3) is 5.91 Å². The fourth-order valence-electron chi connectivity index (χ4n) is 7.39. The third-order valence-electron chi connectivity index (χ3n) is 9.82. The number of aryl methyl sites for hydroxylation is 1. The van der Waals surface area contributed by atoms with Crippen molar-refractivity contribution in [2.24, 2.45) is 5.92 Å². The molecule has 2 atom stereocenters. The zero-order valence-corrected chi connectivity index (χ0v) is 28.9. The molecule has 0 bridgehead atoms. The van der Waals surface area contributed by atoms with Crippen LogP contribution in [0.5, 0.6) is 5.75 Å². The van der Waals surface area contributed by atoms with Gasteiger partial charge in [0, 0.05) is 56.3 Å². The average Bonchev–Trinajstić information content (AvgIpc) is 3.59. The number of hydrogen-bond donors (Lipinski definition) is 1. The van der Waals surface area contributed by atoms with Gasteiger partial charge in [-0.25, -0.2) is 0 Å². The first-order valence-electron chi connectivity index (χ1n) is 16.7. The Morgan fingerprint density at radius 2 is 1.79 bits per heavy atom. The number of carbonyl (C=O) groups excluding carboxylic acids is 2. The van der Waals surface area contributed by atoms with E-state index < -0.39 is 63.2 Å². The number of rotatable bonds is 10. The summed E-state index contributed by atoms with van der Waals surface area (Å²) < 4.78 is 89.5. The molecule has 5 rings (SSSR count). The number of carboxylic acid groups (broad SMARTS) is 1. The Kier molecular flexibility index (Phi) is 11.2. The second kappa shape index (κ2) is 15.1. The maximum absolute atomic E-state index is 14.6. The Balaban J connectivity index is 1.52. The lowest BCUT2D eigenvalue weighted by molar-refractivity contribution is -0.169. The number of nitrogens with zero attached hydrogens (tertiary/aromatic N) is 4. The molecule has 2 saturated heterocycles. The van der Waals surface area contributed by atoms with E-state index in [4.69, 9.17) is 4.74 Å². The van der Waals surface area contributed by atoms with Crippen LogP contribution in [0, 0.1) is 17.2 Å². The zero-order valence-electron chi connectivity index (χ0n) is 28.1. The Hall–Kier alpha value is -4.65. The number of alkyl halides is 6. The summed E-state index contributed by atoms with van der Waals surface area (Å²) in [5.41, 5.74) is -3.70. The fourth-order valence-corrected chi connectivity index (χ4v) is 8.07. The summed E-state index contributed by atoms with van der Waals surface area (Å²) in [4.78, 5) is 45.4. The molecule has 1 N–H and O–H groups in total. The third-order valence-corrected chi connectivity index (χ3v) is 10.8. The quantitative estimate of drug-likeness (QED) is 0.211. The van der Waals surface area contributed by atoms with Gasteiger partial charge in [-0.05, 0) is 49.3 Å². The van der Waals surface area contributed by atoms with Gasteiger partial charge in [0.1, 0.15) is 10.6 Å². The summed E-state index contributed by atoms with van der Waals surface area (Å²) in [5, 5.41) is 20.8. The minimum atomic E-state index is -4.94. The number of piperidine rings is 2. The fraction of sp³-hybridized carbons (Fsp3) is 0.472. The first kappa shape index (κ1) is 38.6. The van der Waals surface area contributed by atoms with Crippen molar-refractivity contribution >= 4 is 29.1 Å². The Bertz CT molecular complexity index is 1830. The molecule has 3 aromatic rings. The third kappa shape index (κ3) is 7.74. The molecule has 2 aliphatic rings. The van der Waals surface area contributed by atoms with Crippen molar-refractivity contribution in [1.82, 2.24) is 14.8 Å². The average molecular weight is 751 g/mol. The molecule has 2 aliphatic heterocycles. The lowest BCUT2D eigenvalue weighted by Gasteiger charge is -2.52. The minimum absolute atomic E-state index is 0.0732. The van der Waals surface area contributed by atoms with Crippen LogP contribution in [-0.4, -0.2) is 63.0 Å². The normalized spacial score (nSPS) is 20.6. The highest BCUT2D eigenvalue weighted by Crippen LogP contribution is 2.46. The number of carboxylic acids is 1. The molecule has 4 heterocycles. The number of nitriles is 1. The molecule has 0 saturated carbocycles. The number of ether oxygens (including phenoxy) is 1. The van der Waals surface area contributed by atoms with Gasteiger partial charge in [0.05, 0.1) is 28.5 Å². The summed E-state index contributed by atoms with van der Waals surface area (Å²) >= 11 is 0.347. The number of aliphatic carboxylic acids is 1. The van der Waals surface area contributed by atoms with E-state index in [1.165, 1.54) is 4.90 Å². The van der Waals surface area contributed by atoms with Gasteiger partial charge in [-0.1, -0.05) is 37.6 Å². The maximum atomic E-state index is 14.6. The lowest BCUT2D eigenvalue weighted by atomic mass is 9.71. The highest BCUT2D eigenvalue weighted by molar-refractivity contribution is 7.10. The number of carbonyl (C=O) groups is 3. The predicted octanol–water partition coefficient (Wildman–Crippen LogP) is 7.71. The topological polar surface area (TPSA) is 124 Å². The number of aromatic nitrogens is 1. The molecule has 1 aromatic carbocycles. The minimum Gasteiger partial charge on any atom is -0.481 e. The van der Waals surface area contributed by atoms with E-state index in [1.54, 1.807) is 31.2 Å². The van der Waals surface area contributed by atoms with Gasteiger partial charge >= 0.3 is 18.3 Å². The summed E-state index contributed by atoms with van der Waals surface area (Å²) in [6.07, 6.45) is -7.11. The molecule has 2 amide bonds. The van der Waals surface area contributed by atoms with Crippen LogP contribution < -0.4 is 4.74 Å². The largest absolute Gasteiger partial charge is 0.481 e. The van der Waals surface area contributed by atoms with Gasteiger partial charge in [0.2, 0.25) is 5.91 Å². The second-order valence-electron chi connectivity index (χ2n) is 13.0. The number of thiophene rings is 1. The summed E-state index contributed by atoms with van der Waals surface area (Å²) in [6, 6.07) is 10.8. The van der Waals surface area contributed by atoms with E-state index >= 15 is 0 Å². The predicted molar refractivity (Wildman–Crippen MR) is 176 cm³/mol. The van der Waals surface area contributed by atoms with Crippen LogP contribution in [0.1, 0.15) is 83.8 Å². The van der Waals surface area contributed by atoms with Crippen LogP contribution in [0.15, 0.2) is 54.2 Å². The number of halogens is 6. The number of benzene rings is 1. The van der Waals surface area contributed by atoms with Crippen LogP contribution in [0.2, 0.25) is 0 Å². The van der Waals surface area contributed by atoms with Gasteiger partial charge in [-0.15, -0.1) is 11.3 Å². The SMILES string of the molecule is CCC[C@@]1(Oc2csc(C(F)(F)F)c2)[C@@H](C(=O)N2CCC(C#N)(c3ccccc3CCC(=O)O)CC2)CCCN1C(=O)c1cnccc1C(F)(F)F. The standard InChI is InChI=1S/C36H36F6N4O5S/c1-2-12-34(51-24-19-29(52-21-24)36(40,41)42)28(8-5-16-46(34)31(49)25-20-44-15-11-27(25)35(37,38)39)32(50)45-17-13-33(22-43,14-18-45)26-7-4-3-6-23(26)9-10-30(47)48/h3-4,6-7,11,15,19-21,28H,2,5,8-10,12-14,16-18H2,1H3,(H,47,48)/t28-,34-/m1/s1. The van der Waals surface area contributed by atoms with E-state index in [-0.39, 0.29) is 76.8 Å². The van der Waals surface area contributed by atoms with Crippen molar-refractivity contribution in [3.8, 4) is 11.8 Å². The summed E-state index contributed by atoms with van der Waals surface area (Å²) in [5.74, 6) is -4.11. The Morgan fingerprint density at radius 1 is 1.08 bits per heavy atom. The Morgan fingerprint density at radius 3 is 2.40 bits per heavy atom. The van der Waals surface area contributed by atoms with Crippen LogP contribution in [0.4, 0.5) is 26.3 Å². The van der Waals surface area contributed by atoms with Crippen LogP contribution >= 0.6 is 11.3 Å². The highest BCUT2D eigenvalue weighted by atomic mass is 32.1. The van der Waals surface area contributed by atoms with E-state index in [0.29, 0.717) is 28.5 Å². The number of amides is 2. The molecular weight excluding hydrogens is 714 g/mol. The monoisotopic (exact) mass is 750 g/mol. The van der Waals surface area contributed by atoms with Crippen LogP contribution in [0.3, 0.4) is 0 Å². The van der Waals surface area contributed by atoms with Gasteiger partial charge in [-0.3, -0.25) is 24.3 Å². The van der Waals surface area contributed by atoms with Gasteiger partial charge in [-0.2, -0.15) is 31.6 Å². The molecule has 278 valence electrons. The van der Waals surface area contributed by atoms with E-state index in [2.05, 4.69) is 11.1 Å². The molecule has 9 nitrogen and oxygen atoms in total. The first-order valence-corrected chi connectivity index (χ1v) is 17.6. The summed E-state index contributed by atoms with van der Waals surface area (Å²) in [6.45, 7) is 1.71. The lowest BCUT2D eigenvalue weighted by Crippen LogP contribution is -2.66. The molecular formula is C36H36F6N4O5S. The molecule has 2 fully saturated rings. The molecule has 16 heteroatoms. The Labute approximate surface area is 299 Å². The second-order valence-corrected chi connectivity index (χ2v) is 13.9. The molecule has 0 unspecified atom stereocenters. The van der Waals surface area contributed by atoms with Crippen LogP contribution in [0.25, 0.3) is 0 Å². The van der Waals surface area contributed by atoms with E-state index in [0.717, 1.165) is 28.7 Å².